The molecule has 0 aliphatic rings. The number of aliphatic hydroxyl groups is 1. The van der Waals surface area contributed by atoms with Gasteiger partial charge in [0.1, 0.15) is 0 Å². The lowest BCUT2D eigenvalue weighted by Crippen LogP contribution is -2.44. The molecule has 112 valence electrons. The van der Waals surface area contributed by atoms with Gasteiger partial charge in [-0.1, -0.05) is 12.8 Å². The fourth-order valence-corrected chi connectivity index (χ4v) is 1.83. The highest BCUT2D eigenvalue weighted by atomic mass is 16.3. The van der Waals surface area contributed by atoms with Crippen molar-refractivity contribution in [2.24, 2.45) is 0 Å². The second kappa shape index (κ2) is 8.86. The van der Waals surface area contributed by atoms with Crippen molar-refractivity contribution in [3.8, 4) is 0 Å². The van der Waals surface area contributed by atoms with Crippen molar-refractivity contribution < 1.29 is 19.5 Å². The molecular formula is C14H36N2O2+2. The first-order chi connectivity index (χ1) is 7.63. The third kappa shape index (κ3) is 12.3. The lowest BCUT2D eigenvalue weighted by Gasteiger charge is -2.29. The maximum atomic E-state index is 9.86. The van der Waals surface area contributed by atoms with Gasteiger partial charge in [0.05, 0.1) is 48.8 Å². The number of quaternary nitrogens is 2. The molecule has 0 rings (SSSR count). The van der Waals surface area contributed by atoms with Gasteiger partial charge in [-0.3, -0.25) is 0 Å². The van der Waals surface area contributed by atoms with E-state index in [0.29, 0.717) is 4.48 Å². The summed E-state index contributed by atoms with van der Waals surface area (Å²) in [5.74, 6) is 0. The SMILES string of the molecule is C[N+](C)(C)CCCCCCCC(O)[N+](C)(C)C.O. The van der Waals surface area contributed by atoms with Crippen LogP contribution in [-0.2, 0) is 0 Å². The number of hydrogen-bond donors (Lipinski definition) is 1. The van der Waals surface area contributed by atoms with Crippen LogP contribution in [-0.4, -0.2) is 74.6 Å². The van der Waals surface area contributed by atoms with Gasteiger partial charge < -0.3 is 19.5 Å². The smallest absolute Gasteiger partial charge is 0.189 e. The molecule has 1 atom stereocenters. The Morgan fingerprint density at radius 2 is 1.22 bits per heavy atom. The van der Waals surface area contributed by atoms with Crippen molar-refractivity contribution in [2.45, 2.75) is 44.8 Å². The van der Waals surface area contributed by atoms with E-state index in [1.54, 1.807) is 0 Å². The van der Waals surface area contributed by atoms with E-state index in [2.05, 4.69) is 21.1 Å². The molecule has 18 heavy (non-hydrogen) atoms. The average molecular weight is 264 g/mol. The molecule has 0 fully saturated rings. The van der Waals surface area contributed by atoms with Crippen molar-refractivity contribution in [3.05, 3.63) is 0 Å². The minimum atomic E-state index is -0.207. The fraction of sp³-hybridized carbons (Fsp3) is 1.00. The van der Waals surface area contributed by atoms with Crippen LogP contribution in [0.4, 0.5) is 0 Å². The molecule has 0 radical (unpaired) electrons. The first kappa shape index (κ1) is 20.2. The van der Waals surface area contributed by atoms with E-state index in [9.17, 15) is 5.11 Å². The second-order valence-electron chi connectivity index (χ2n) is 7.17. The van der Waals surface area contributed by atoms with Gasteiger partial charge in [0, 0.05) is 6.42 Å². The zero-order valence-corrected chi connectivity index (χ0v) is 13.4. The summed E-state index contributed by atoms with van der Waals surface area (Å²) in [6.07, 6.45) is 7.09. The summed E-state index contributed by atoms with van der Waals surface area (Å²) in [5, 5.41) is 9.86. The monoisotopic (exact) mass is 264 g/mol. The van der Waals surface area contributed by atoms with Gasteiger partial charge in [-0.2, -0.15) is 0 Å². The topological polar surface area (TPSA) is 51.7 Å². The Bertz CT molecular complexity index is 195. The van der Waals surface area contributed by atoms with E-state index < -0.39 is 0 Å². The minimum Gasteiger partial charge on any atom is -0.412 e. The van der Waals surface area contributed by atoms with Crippen LogP contribution in [0.3, 0.4) is 0 Å². The van der Waals surface area contributed by atoms with Crippen LogP contribution < -0.4 is 0 Å². The molecule has 0 bridgehead atoms. The Morgan fingerprint density at radius 3 is 1.67 bits per heavy atom. The van der Waals surface area contributed by atoms with Gasteiger partial charge in [0.15, 0.2) is 6.23 Å². The molecule has 0 aliphatic heterocycles. The number of rotatable bonds is 9. The molecule has 0 aliphatic carbocycles. The molecule has 1 unspecified atom stereocenters. The standard InChI is InChI=1S/C14H34N2O.H2O/c1-15(2,3)13-11-9-7-8-10-12-14(17)16(4,5)6;/h14,17H,7-13H2,1-6H3;1H2/q+2;. The lowest BCUT2D eigenvalue weighted by molar-refractivity contribution is -0.919. The van der Waals surface area contributed by atoms with Crippen molar-refractivity contribution in [1.82, 2.24) is 0 Å². The Kier molecular flexibility index (Phi) is 9.92. The van der Waals surface area contributed by atoms with Crippen LogP contribution >= 0.6 is 0 Å². The van der Waals surface area contributed by atoms with E-state index in [0.717, 1.165) is 17.3 Å². The molecule has 0 aromatic carbocycles. The number of aliphatic hydroxyl groups excluding tert-OH is 1. The number of unbranched alkanes of at least 4 members (excludes halogenated alkanes) is 4. The lowest BCUT2D eigenvalue weighted by atomic mass is 10.1. The van der Waals surface area contributed by atoms with Gasteiger partial charge in [-0.15, -0.1) is 0 Å². The Balaban J connectivity index is 0. The molecule has 3 N–H and O–H groups in total. The Hall–Kier alpha value is -0.160. The third-order valence-corrected chi connectivity index (χ3v) is 3.19. The van der Waals surface area contributed by atoms with E-state index in [-0.39, 0.29) is 11.7 Å². The predicted molar refractivity (Wildman–Crippen MR) is 78.3 cm³/mol. The van der Waals surface area contributed by atoms with Gasteiger partial charge in [0.2, 0.25) is 0 Å². The van der Waals surface area contributed by atoms with Gasteiger partial charge in [-0.05, 0) is 19.3 Å². The van der Waals surface area contributed by atoms with Crippen molar-refractivity contribution in [2.75, 3.05) is 48.8 Å². The average Bonchev–Trinajstić information content (AvgIpc) is 2.12. The molecule has 4 heteroatoms. The summed E-state index contributed by atoms with van der Waals surface area (Å²) < 4.78 is 1.72. The van der Waals surface area contributed by atoms with Crippen LogP contribution in [0.5, 0.6) is 0 Å². The summed E-state index contributed by atoms with van der Waals surface area (Å²) in [7, 11) is 12.9. The highest BCUT2D eigenvalue weighted by molar-refractivity contribution is 4.47. The second-order valence-corrected chi connectivity index (χ2v) is 7.17. The van der Waals surface area contributed by atoms with Crippen LogP contribution in [0.2, 0.25) is 0 Å². The van der Waals surface area contributed by atoms with Crippen molar-refractivity contribution in [3.63, 3.8) is 0 Å². The predicted octanol–water partition coefficient (Wildman–Crippen LogP) is 1.23. The largest absolute Gasteiger partial charge is 0.412 e. The van der Waals surface area contributed by atoms with Crippen LogP contribution in [0.15, 0.2) is 0 Å². The summed E-state index contributed by atoms with van der Waals surface area (Å²) in [6, 6.07) is 0. The van der Waals surface area contributed by atoms with Gasteiger partial charge in [0.25, 0.3) is 0 Å². The molecule has 0 spiro atoms. The zero-order valence-electron chi connectivity index (χ0n) is 13.4. The summed E-state index contributed by atoms with van der Waals surface area (Å²) in [5.41, 5.74) is 0. The van der Waals surface area contributed by atoms with Crippen LogP contribution in [0, 0.1) is 0 Å². The first-order valence-electron chi connectivity index (χ1n) is 6.92. The number of hydrogen-bond acceptors (Lipinski definition) is 1. The molecule has 0 amide bonds. The summed E-state index contributed by atoms with van der Waals surface area (Å²) in [6.45, 7) is 1.27. The molecule has 0 aromatic rings. The summed E-state index contributed by atoms with van der Waals surface area (Å²) in [4.78, 5) is 0. The van der Waals surface area contributed by atoms with E-state index in [1.807, 2.05) is 21.1 Å². The maximum absolute atomic E-state index is 9.86. The number of nitrogens with zero attached hydrogens (tertiary/aromatic N) is 2. The quantitative estimate of drug-likeness (QED) is 0.380. The highest BCUT2D eigenvalue weighted by Crippen LogP contribution is 2.12. The molecule has 0 saturated carbocycles. The molecule has 0 saturated heterocycles. The van der Waals surface area contributed by atoms with Crippen molar-refractivity contribution >= 4 is 0 Å². The normalized spacial score (nSPS) is 14.2. The van der Waals surface area contributed by atoms with Crippen LogP contribution in [0.25, 0.3) is 0 Å². The Labute approximate surface area is 114 Å². The van der Waals surface area contributed by atoms with E-state index in [4.69, 9.17) is 0 Å². The molecule has 4 nitrogen and oxygen atoms in total. The van der Waals surface area contributed by atoms with E-state index >= 15 is 0 Å². The molecule has 0 aromatic heterocycles. The highest BCUT2D eigenvalue weighted by Gasteiger charge is 2.19. The Morgan fingerprint density at radius 1 is 0.778 bits per heavy atom. The molecule has 0 heterocycles. The molecular weight excluding hydrogens is 228 g/mol. The van der Waals surface area contributed by atoms with E-state index in [1.165, 1.54) is 32.2 Å². The fourth-order valence-electron chi connectivity index (χ4n) is 1.83. The van der Waals surface area contributed by atoms with Gasteiger partial charge in [-0.25, -0.2) is 0 Å². The summed E-state index contributed by atoms with van der Waals surface area (Å²) >= 11 is 0. The maximum Gasteiger partial charge on any atom is 0.189 e. The minimum absolute atomic E-state index is 0. The first-order valence-corrected chi connectivity index (χ1v) is 6.92. The van der Waals surface area contributed by atoms with Crippen molar-refractivity contribution in [1.29, 1.82) is 0 Å². The third-order valence-electron chi connectivity index (χ3n) is 3.19. The zero-order chi connectivity index (χ0) is 13.5. The van der Waals surface area contributed by atoms with Gasteiger partial charge >= 0.3 is 0 Å². The van der Waals surface area contributed by atoms with Crippen LogP contribution in [0.1, 0.15) is 38.5 Å².